The van der Waals surface area contributed by atoms with Crippen molar-refractivity contribution in [1.82, 2.24) is 0 Å². The molecule has 0 heterocycles. The van der Waals surface area contributed by atoms with E-state index >= 15 is 0 Å². The van der Waals surface area contributed by atoms with Gasteiger partial charge in [-0.3, -0.25) is 0 Å². The summed E-state index contributed by atoms with van der Waals surface area (Å²) >= 11 is 3.32. The topological polar surface area (TPSA) is 42.2 Å². The van der Waals surface area contributed by atoms with Gasteiger partial charge < -0.3 is 9.47 Å². The minimum atomic E-state index is 0.479. The zero-order valence-electron chi connectivity index (χ0n) is 9.68. The Morgan fingerprint density at radius 3 is 2.61 bits per heavy atom. The van der Waals surface area contributed by atoms with Crippen LogP contribution in [0.1, 0.15) is 5.56 Å². The Balaban J connectivity index is 2.31. The van der Waals surface area contributed by atoms with Crippen LogP contribution in [0.3, 0.4) is 0 Å². The van der Waals surface area contributed by atoms with Crippen molar-refractivity contribution in [2.75, 3.05) is 7.11 Å². The lowest BCUT2D eigenvalue weighted by molar-refractivity contribution is 0.409. The van der Waals surface area contributed by atoms with Gasteiger partial charge in [0.1, 0.15) is 23.3 Å². The first-order chi connectivity index (χ1) is 8.72. The van der Waals surface area contributed by atoms with E-state index in [1.807, 2.05) is 24.3 Å². The van der Waals surface area contributed by atoms with Crippen molar-refractivity contribution in [2.45, 2.75) is 0 Å². The molecule has 0 radical (unpaired) electrons. The summed E-state index contributed by atoms with van der Waals surface area (Å²) < 4.78 is 11.6. The quantitative estimate of drug-likeness (QED) is 0.856. The molecule has 4 heteroatoms. The van der Waals surface area contributed by atoms with Crippen molar-refractivity contribution in [3.05, 3.63) is 52.5 Å². The average molecular weight is 304 g/mol. The predicted octanol–water partition coefficient (Wildman–Crippen LogP) is 4.12. The molecule has 90 valence electrons. The molecule has 0 aliphatic carbocycles. The summed E-state index contributed by atoms with van der Waals surface area (Å²) in [6.45, 7) is 0. The summed E-state index contributed by atoms with van der Waals surface area (Å²) in [5.41, 5.74) is 0.479. The van der Waals surface area contributed by atoms with Crippen LogP contribution in [0.4, 0.5) is 0 Å². The molecule has 3 nitrogen and oxygen atoms in total. The summed E-state index contributed by atoms with van der Waals surface area (Å²) in [5.74, 6) is 1.87. The fourth-order valence-corrected chi connectivity index (χ4v) is 1.83. The van der Waals surface area contributed by atoms with E-state index in [1.54, 1.807) is 25.3 Å². The fourth-order valence-electron chi connectivity index (χ4n) is 1.47. The summed E-state index contributed by atoms with van der Waals surface area (Å²) in [6.07, 6.45) is 0. The minimum Gasteiger partial charge on any atom is -0.497 e. The maximum absolute atomic E-state index is 9.05. The number of benzene rings is 2. The molecule has 0 unspecified atom stereocenters. The molecule has 2 aromatic carbocycles. The van der Waals surface area contributed by atoms with Crippen LogP contribution < -0.4 is 9.47 Å². The number of halogens is 1. The second kappa shape index (κ2) is 5.56. The van der Waals surface area contributed by atoms with E-state index in [9.17, 15) is 0 Å². The Morgan fingerprint density at radius 1 is 1.11 bits per heavy atom. The summed E-state index contributed by atoms with van der Waals surface area (Å²) in [7, 11) is 1.60. The highest BCUT2D eigenvalue weighted by molar-refractivity contribution is 9.10. The van der Waals surface area contributed by atoms with E-state index in [-0.39, 0.29) is 0 Å². The zero-order chi connectivity index (χ0) is 13.0. The molecule has 0 saturated heterocycles. The van der Waals surface area contributed by atoms with Gasteiger partial charge in [0.05, 0.1) is 12.7 Å². The molecule has 0 fully saturated rings. The van der Waals surface area contributed by atoms with Gasteiger partial charge in [-0.2, -0.15) is 5.26 Å². The number of hydrogen-bond donors (Lipinski definition) is 0. The molecule has 18 heavy (non-hydrogen) atoms. The van der Waals surface area contributed by atoms with E-state index in [1.165, 1.54) is 0 Å². The van der Waals surface area contributed by atoms with Crippen molar-refractivity contribution in [3.8, 4) is 23.3 Å². The number of hydrogen-bond acceptors (Lipinski definition) is 3. The Bertz CT molecular complexity index is 605. The van der Waals surface area contributed by atoms with Gasteiger partial charge in [0.2, 0.25) is 0 Å². The van der Waals surface area contributed by atoms with Crippen molar-refractivity contribution < 1.29 is 9.47 Å². The van der Waals surface area contributed by atoms with E-state index in [0.29, 0.717) is 22.8 Å². The molecule has 2 aromatic rings. The normalized spacial score (nSPS) is 9.61. The first-order valence-electron chi connectivity index (χ1n) is 5.24. The highest BCUT2D eigenvalue weighted by atomic mass is 79.9. The van der Waals surface area contributed by atoms with Crippen LogP contribution in [0.25, 0.3) is 0 Å². The molecule has 0 bridgehead atoms. The zero-order valence-corrected chi connectivity index (χ0v) is 11.3. The lowest BCUT2D eigenvalue weighted by Crippen LogP contribution is -1.89. The van der Waals surface area contributed by atoms with Crippen molar-refractivity contribution in [1.29, 1.82) is 5.26 Å². The third kappa shape index (κ3) is 2.82. The SMILES string of the molecule is COc1cccc(Oc2ccc(Br)cc2C#N)c1. The fraction of sp³-hybridized carbons (Fsp3) is 0.0714. The standard InChI is InChI=1S/C14H10BrNO2/c1-17-12-3-2-4-13(8-12)18-14-6-5-11(15)7-10(14)9-16/h2-8H,1H3. The Kier molecular flexibility index (Phi) is 3.85. The second-order valence-corrected chi connectivity index (χ2v) is 4.45. The molecule has 0 amide bonds. The average Bonchev–Trinajstić information content (AvgIpc) is 2.41. The van der Waals surface area contributed by atoms with Crippen molar-refractivity contribution in [3.63, 3.8) is 0 Å². The Hall–Kier alpha value is -1.99. The Labute approximate surface area is 114 Å². The summed E-state index contributed by atoms with van der Waals surface area (Å²) in [6, 6.07) is 14.6. The van der Waals surface area contributed by atoms with Gasteiger partial charge >= 0.3 is 0 Å². The molecule has 0 spiro atoms. The summed E-state index contributed by atoms with van der Waals surface area (Å²) in [4.78, 5) is 0. The number of ether oxygens (including phenoxy) is 2. The van der Waals surface area contributed by atoms with E-state index in [2.05, 4.69) is 22.0 Å². The van der Waals surface area contributed by atoms with Gasteiger partial charge in [-0.1, -0.05) is 22.0 Å². The largest absolute Gasteiger partial charge is 0.497 e. The van der Waals surface area contributed by atoms with Crippen LogP contribution in [0, 0.1) is 11.3 Å². The summed E-state index contributed by atoms with van der Waals surface area (Å²) in [5, 5.41) is 9.05. The first kappa shape index (κ1) is 12.5. The molecule has 0 saturated carbocycles. The smallest absolute Gasteiger partial charge is 0.145 e. The molecular weight excluding hydrogens is 294 g/mol. The van der Waals surface area contributed by atoms with E-state index in [4.69, 9.17) is 14.7 Å². The molecule has 0 aliphatic heterocycles. The van der Waals surface area contributed by atoms with Crippen LogP contribution in [-0.4, -0.2) is 7.11 Å². The molecule has 0 atom stereocenters. The monoisotopic (exact) mass is 303 g/mol. The van der Waals surface area contributed by atoms with E-state index in [0.717, 1.165) is 4.47 Å². The highest BCUT2D eigenvalue weighted by Crippen LogP contribution is 2.29. The maximum Gasteiger partial charge on any atom is 0.145 e. The van der Waals surface area contributed by atoms with Crippen LogP contribution >= 0.6 is 15.9 Å². The molecule has 0 aromatic heterocycles. The number of nitrogens with zero attached hydrogens (tertiary/aromatic N) is 1. The third-order valence-electron chi connectivity index (χ3n) is 2.33. The van der Waals surface area contributed by atoms with E-state index < -0.39 is 0 Å². The van der Waals surface area contributed by atoms with Gasteiger partial charge in [-0.15, -0.1) is 0 Å². The predicted molar refractivity (Wildman–Crippen MR) is 71.9 cm³/mol. The van der Waals surface area contributed by atoms with Crippen LogP contribution in [0.5, 0.6) is 17.2 Å². The first-order valence-corrected chi connectivity index (χ1v) is 6.04. The van der Waals surface area contributed by atoms with Crippen molar-refractivity contribution >= 4 is 15.9 Å². The van der Waals surface area contributed by atoms with Gasteiger partial charge in [-0.05, 0) is 30.3 Å². The van der Waals surface area contributed by atoms with Gasteiger partial charge in [-0.25, -0.2) is 0 Å². The third-order valence-corrected chi connectivity index (χ3v) is 2.82. The molecule has 2 rings (SSSR count). The van der Waals surface area contributed by atoms with Gasteiger partial charge in [0.25, 0.3) is 0 Å². The van der Waals surface area contributed by atoms with Crippen LogP contribution in [0.2, 0.25) is 0 Å². The second-order valence-electron chi connectivity index (χ2n) is 3.53. The van der Waals surface area contributed by atoms with Gasteiger partial charge in [0.15, 0.2) is 0 Å². The number of methoxy groups -OCH3 is 1. The van der Waals surface area contributed by atoms with Gasteiger partial charge in [0, 0.05) is 10.5 Å². The lowest BCUT2D eigenvalue weighted by atomic mass is 10.2. The minimum absolute atomic E-state index is 0.479. The maximum atomic E-state index is 9.05. The highest BCUT2D eigenvalue weighted by Gasteiger charge is 2.06. The molecule has 0 N–H and O–H groups in total. The lowest BCUT2D eigenvalue weighted by Gasteiger charge is -2.08. The molecule has 0 aliphatic rings. The van der Waals surface area contributed by atoms with Crippen LogP contribution in [0.15, 0.2) is 46.9 Å². The Morgan fingerprint density at radius 2 is 1.89 bits per heavy atom. The van der Waals surface area contributed by atoms with Crippen LogP contribution in [-0.2, 0) is 0 Å². The van der Waals surface area contributed by atoms with Crippen molar-refractivity contribution in [2.24, 2.45) is 0 Å². The molecular formula is C14H10BrNO2. The number of nitriles is 1. The number of rotatable bonds is 3.